The lowest BCUT2D eigenvalue weighted by Gasteiger charge is -2.14. The molecule has 8 nitrogen and oxygen atoms in total. The van der Waals surface area contributed by atoms with Gasteiger partial charge in [0.05, 0.1) is 17.1 Å². The first-order valence-corrected chi connectivity index (χ1v) is 9.11. The zero-order chi connectivity index (χ0) is 20.5. The van der Waals surface area contributed by atoms with Crippen molar-refractivity contribution < 1.29 is 14.6 Å². The molecule has 0 bridgehead atoms. The van der Waals surface area contributed by atoms with E-state index in [0.29, 0.717) is 35.0 Å². The summed E-state index contributed by atoms with van der Waals surface area (Å²) in [6.45, 7) is 3.77. The van der Waals surface area contributed by atoms with Crippen LogP contribution < -0.4 is 20.7 Å². The highest BCUT2D eigenvalue weighted by Crippen LogP contribution is 2.35. The molecule has 1 aliphatic rings. The number of aromatic nitrogens is 2. The van der Waals surface area contributed by atoms with Gasteiger partial charge in [0, 0.05) is 6.07 Å². The Morgan fingerprint density at radius 1 is 1.17 bits per heavy atom. The quantitative estimate of drug-likeness (QED) is 0.663. The average molecular weight is 393 g/mol. The molecule has 0 saturated carbocycles. The Bertz CT molecular complexity index is 1240. The van der Waals surface area contributed by atoms with E-state index in [1.54, 1.807) is 30.3 Å². The second-order valence-corrected chi connectivity index (χ2v) is 6.53. The summed E-state index contributed by atoms with van der Waals surface area (Å²) < 4.78 is 11.7. The molecule has 0 saturated heterocycles. The number of aryl methyl sites for hydroxylation is 1. The number of aromatic amines is 1. The SMILES string of the molecule is CCC(=Nc1ccc2c(c1)OCO2)c1c(O)n(-c2ccccc2C)c(=O)[nH]c1=O. The highest BCUT2D eigenvalue weighted by atomic mass is 16.7. The van der Waals surface area contributed by atoms with E-state index in [1.165, 1.54) is 0 Å². The van der Waals surface area contributed by atoms with Crippen molar-refractivity contribution in [3.8, 4) is 23.1 Å². The van der Waals surface area contributed by atoms with Crippen LogP contribution in [0, 0.1) is 6.92 Å². The molecule has 148 valence electrons. The third kappa shape index (κ3) is 3.29. The first kappa shape index (κ1) is 18.5. The van der Waals surface area contributed by atoms with E-state index in [9.17, 15) is 14.7 Å². The number of benzene rings is 2. The molecule has 3 aromatic rings. The van der Waals surface area contributed by atoms with Crippen molar-refractivity contribution in [3.05, 3.63) is 74.4 Å². The van der Waals surface area contributed by atoms with E-state index in [2.05, 4.69) is 9.98 Å². The van der Waals surface area contributed by atoms with Crippen molar-refractivity contribution in [3.63, 3.8) is 0 Å². The molecule has 2 N–H and O–H groups in total. The number of aromatic hydroxyl groups is 1. The minimum absolute atomic E-state index is 0.0481. The molecule has 0 unspecified atom stereocenters. The van der Waals surface area contributed by atoms with Crippen molar-refractivity contribution in [2.24, 2.45) is 4.99 Å². The third-order valence-corrected chi connectivity index (χ3v) is 4.69. The molecule has 0 fully saturated rings. The van der Waals surface area contributed by atoms with Crippen LogP contribution in [0.5, 0.6) is 17.4 Å². The molecule has 2 aromatic carbocycles. The molecule has 2 heterocycles. The normalized spacial score (nSPS) is 13.0. The van der Waals surface area contributed by atoms with Gasteiger partial charge in [0.2, 0.25) is 12.7 Å². The number of fused-ring (bicyclic) bond motifs is 1. The van der Waals surface area contributed by atoms with Crippen LogP contribution >= 0.6 is 0 Å². The lowest BCUT2D eigenvalue weighted by Crippen LogP contribution is -2.33. The van der Waals surface area contributed by atoms with E-state index in [-0.39, 0.29) is 12.4 Å². The van der Waals surface area contributed by atoms with Crippen molar-refractivity contribution in [1.82, 2.24) is 9.55 Å². The van der Waals surface area contributed by atoms with E-state index in [1.807, 2.05) is 26.0 Å². The van der Waals surface area contributed by atoms with Crippen LogP contribution in [-0.2, 0) is 0 Å². The zero-order valence-electron chi connectivity index (χ0n) is 15.9. The van der Waals surface area contributed by atoms with Gasteiger partial charge in [-0.2, -0.15) is 0 Å². The third-order valence-electron chi connectivity index (χ3n) is 4.69. The molecule has 8 heteroatoms. The average Bonchev–Trinajstić information content (AvgIpc) is 3.16. The van der Waals surface area contributed by atoms with Crippen molar-refractivity contribution >= 4 is 11.4 Å². The monoisotopic (exact) mass is 393 g/mol. The Hall–Kier alpha value is -3.81. The van der Waals surface area contributed by atoms with Crippen LogP contribution in [0.3, 0.4) is 0 Å². The van der Waals surface area contributed by atoms with E-state index < -0.39 is 17.1 Å². The van der Waals surface area contributed by atoms with E-state index >= 15 is 0 Å². The second-order valence-electron chi connectivity index (χ2n) is 6.53. The summed E-state index contributed by atoms with van der Waals surface area (Å²) >= 11 is 0. The van der Waals surface area contributed by atoms with Gasteiger partial charge in [-0.1, -0.05) is 25.1 Å². The lowest BCUT2D eigenvalue weighted by molar-refractivity contribution is 0.174. The van der Waals surface area contributed by atoms with Gasteiger partial charge >= 0.3 is 5.69 Å². The molecule has 1 aromatic heterocycles. The zero-order valence-corrected chi connectivity index (χ0v) is 15.9. The van der Waals surface area contributed by atoms with Gasteiger partial charge < -0.3 is 14.6 Å². The summed E-state index contributed by atoms with van der Waals surface area (Å²) in [6, 6.07) is 12.2. The first-order chi connectivity index (χ1) is 14.0. The van der Waals surface area contributed by atoms with Crippen molar-refractivity contribution in [2.45, 2.75) is 20.3 Å². The topological polar surface area (TPSA) is 106 Å². The van der Waals surface area contributed by atoms with Gasteiger partial charge in [-0.05, 0) is 37.1 Å². The molecule has 0 spiro atoms. The molecule has 1 aliphatic heterocycles. The number of H-pyrrole nitrogens is 1. The molecule has 0 aliphatic carbocycles. The second kappa shape index (κ2) is 7.31. The summed E-state index contributed by atoms with van der Waals surface area (Å²) in [7, 11) is 0. The molecular weight excluding hydrogens is 374 g/mol. The van der Waals surface area contributed by atoms with E-state index in [0.717, 1.165) is 10.1 Å². The molecule has 0 atom stereocenters. The summed E-state index contributed by atoms with van der Waals surface area (Å²) in [5.74, 6) is 0.731. The summed E-state index contributed by atoms with van der Waals surface area (Å²) in [6.07, 6.45) is 0.358. The minimum Gasteiger partial charge on any atom is -0.493 e. The number of hydrogen-bond donors (Lipinski definition) is 2. The number of para-hydroxylation sites is 1. The standard InChI is InChI=1S/C21H19N3O5/c1-3-14(22-13-8-9-16-17(10-13)29-11-28-16)18-19(25)23-21(27)24(20(18)26)15-7-5-4-6-12(15)2/h4-10,26H,3,11H2,1-2H3,(H,23,25,27). The highest BCUT2D eigenvalue weighted by Gasteiger charge is 2.21. The van der Waals surface area contributed by atoms with Crippen molar-refractivity contribution in [1.29, 1.82) is 0 Å². The van der Waals surface area contributed by atoms with Gasteiger partial charge in [0.1, 0.15) is 5.56 Å². The molecule has 0 radical (unpaired) electrons. The molecule has 4 rings (SSSR count). The highest BCUT2D eigenvalue weighted by molar-refractivity contribution is 6.03. The fourth-order valence-electron chi connectivity index (χ4n) is 3.25. The van der Waals surface area contributed by atoms with E-state index in [4.69, 9.17) is 9.47 Å². The van der Waals surface area contributed by atoms with Gasteiger partial charge in [-0.3, -0.25) is 14.8 Å². The fourth-order valence-corrected chi connectivity index (χ4v) is 3.25. The van der Waals surface area contributed by atoms with Gasteiger partial charge in [0.25, 0.3) is 5.56 Å². The van der Waals surface area contributed by atoms with Crippen LogP contribution in [0.2, 0.25) is 0 Å². The Kier molecular flexibility index (Phi) is 4.67. The number of hydrogen-bond acceptors (Lipinski definition) is 6. The summed E-state index contributed by atoms with van der Waals surface area (Å²) in [4.78, 5) is 31.8. The van der Waals surface area contributed by atoms with Crippen LogP contribution in [0.1, 0.15) is 24.5 Å². The fraction of sp³-hybridized carbons (Fsp3) is 0.190. The lowest BCUT2D eigenvalue weighted by atomic mass is 10.1. The van der Waals surface area contributed by atoms with Crippen LogP contribution in [0.25, 0.3) is 5.69 Å². The molecule has 29 heavy (non-hydrogen) atoms. The summed E-state index contributed by atoms with van der Waals surface area (Å²) in [5, 5.41) is 10.9. The first-order valence-electron chi connectivity index (χ1n) is 9.11. The largest absolute Gasteiger partial charge is 0.493 e. The number of nitrogens with one attached hydrogen (secondary N) is 1. The van der Waals surface area contributed by atoms with Gasteiger partial charge in [-0.15, -0.1) is 0 Å². The number of rotatable bonds is 4. The Balaban J connectivity index is 1.89. The number of aliphatic imine (C=N–C) groups is 1. The maximum atomic E-state index is 12.6. The Labute approximate surface area is 165 Å². The van der Waals surface area contributed by atoms with Crippen molar-refractivity contribution in [2.75, 3.05) is 6.79 Å². The predicted molar refractivity (Wildman–Crippen MR) is 108 cm³/mol. The van der Waals surface area contributed by atoms with Crippen LogP contribution in [0.4, 0.5) is 5.69 Å². The number of ether oxygens (including phenoxy) is 2. The maximum Gasteiger partial charge on any atom is 0.335 e. The minimum atomic E-state index is -0.718. The number of nitrogens with zero attached hydrogens (tertiary/aromatic N) is 2. The summed E-state index contributed by atoms with van der Waals surface area (Å²) in [5.41, 5.74) is 0.666. The smallest absolute Gasteiger partial charge is 0.335 e. The van der Waals surface area contributed by atoms with Gasteiger partial charge in [0.15, 0.2) is 11.5 Å². The molecule has 0 amide bonds. The maximum absolute atomic E-state index is 12.6. The Morgan fingerprint density at radius 2 is 1.93 bits per heavy atom. The van der Waals surface area contributed by atoms with Crippen LogP contribution in [0.15, 0.2) is 57.0 Å². The predicted octanol–water partition coefficient (Wildman–Crippen LogP) is 2.80. The van der Waals surface area contributed by atoms with Gasteiger partial charge in [-0.25, -0.2) is 9.36 Å². The molecular formula is C21H19N3O5. The Morgan fingerprint density at radius 3 is 2.69 bits per heavy atom. The van der Waals surface area contributed by atoms with Crippen LogP contribution in [-0.4, -0.2) is 27.2 Å².